The highest BCUT2D eigenvalue weighted by molar-refractivity contribution is 7.90. The van der Waals surface area contributed by atoms with Crippen molar-refractivity contribution in [3.05, 3.63) is 58.4 Å². The van der Waals surface area contributed by atoms with E-state index < -0.39 is 22.0 Å². The van der Waals surface area contributed by atoms with E-state index in [0.717, 1.165) is 16.9 Å². The van der Waals surface area contributed by atoms with E-state index in [2.05, 4.69) is 4.40 Å². The molecule has 0 fully saturated rings. The predicted molar refractivity (Wildman–Crippen MR) is 112 cm³/mol. The summed E-state index contributed by atoms with van der Waals surface area (Å²) in [4.78, 5) is 24.1. The molecule has 0 radical (unpaired) electrons. The van der Waals surface area contributed by atoms with Crippen LogP contribution in [0.25, 0.3) is 10.2 Å². The minimum Gasteiger partial charge on any atom is -0.465 e. The molecule has 0 amide bonds. The number of ether oxygens (including phenoxy) is 2. The zero-order chi connectivity index (χ0) is 21.9. The third-order valence-corrected chi connectivity index (χ3v) is 6.65. The summed E-state index contributed by atoms with van der Waals surface area (Å²) in [6, 6.07) is 11.1. The Labute approximate surface area is 177 Å². The number of nitrogens with zero attached hydrogens (tertiary/aromatic N) is 2. The zero-order valence-electron chi connectivity index (χ0n) is 16.6. The topological polar surface area (TPSA) is 104 Å². The smallest absolute Gasteiger partial charge is 0.337 e. The van der Waals surface area contributed by atoms with Crippen LogP contribution in [0.3, 0.4) is 0 Å². The molecule has 0 spiro atoms. The Morgan fingerprint density at radius 1 is 1.13 bits per heavy atom. The van der Waals surface area contributed by atoms with Crippen LogP contribution in [0.1, 0.15) is 22.8 Å². The fraction of sp³-hybridized carbons (Fsp3) is 0.250. The van der Waals surface area contributed by atoms with Gasteiger partial charge in [-0.2, -0.15) is 8.42 Å². The van der Waals surface area contributed by atoms with Gasteiger partial charge >= 0.3 is 11.9 Å². The van der Waals surface area contributed by atoms with E-state index in [-0.39, 0.29) is 22.8 Å². The fourth-order valence-corrected chi connectivity index (χ4v) is 5.01. The van der Waals surface area contributed by atoms with Gasteiger partial charge in [0.05, 0.1) is 34.4 Å². The van der Waals surface area contributed by atoms with Crippen LogP contribution >= 0.6 is 11.3 Å². The third kappa shape index (κ3) is 4.60. The fourth-order valence-electron chi connectivity index (χ4n) is 2.74. The molecule has 0 aliphatic carbocycles. The molecule has 3 aromatic rings. The summed E-state index contributed by atoms with van der Waals surface area (Å²) in [6.45, 7) is 3.52. The molecule has 0 N–H and O–H groups in total. The monoisotopic (exact) mass is 448 g/mol. The summed E-state index contributed by atoms with van der Waals surface area (Å²) in [5, 5.41) is 0. The first-order chi connectivity index (χ1) is 14.2. The van der Waals surface area contributed by atoms with Gasteiger partial charge in [-0.05, 0) is 44.2 Å². The van der Waals surface area contributed by atoms with Crippen LogP contribution in [0.4, 0.5) is 0 Å². The molecular weight excluding hydrogens is 428 g/mol. The number of carbonyl (C=O) groups is 2. The molecule has 0 aliphatic heterocycles. The van der Waals surface area contributed by atoms with Crippen molar-refractivity contribution in [3.63, 3.8) is 0 Å². The first kappa shape index (κ1) is 21.7. The van der Waals surface area contributed by atoms with E-state index in [1.54, 1.807) is 37.3 Å². The second-order valence-electron chi connectivity index (χ2n) is 6.33. The number of fused-ring (bicyclic) bond motifs is 1. The second kappa shape index (κ2) is 8.80. The number of benzene rings is 2. The molecule has 1 aromatic heterocycles. The molecule has 2 aromatic carbocycles. The van der Waals surface area contributed by atoms with E-state index in [9.17, 15) is 18.0 Å². The summed E-state index contributed by atoms with van der Waals surface area (Å²) in [7, 11) is -2.73. The van der Waals surface area contributed by atoms with Crippen LogP contribution in [0.2, 0.25) is 0 Å². The minimum absolute atomic E-state index is 0.0449. The Hall–Kier alpha value is -2.98. The largest absolute Gasteiger partial charge is 0.465 e. The van der Waals surface area contributed by atoms with Gasteiger partial charge in [-0.25, -0.2) is 4.79 Å². The number of hydrogen-bond donors (Lipinski definition) is 0. The molecular formula is C20H20N2O6S2. The number of carbonyl (C=O) groups excluding carboxylic acids is 2. The first-order valence-corrected chi connectivity index (χ1v) is 11.3. The molecule has 1 heterocycles. The molecule has 0 unspecified atom stereocenters. The van der Waals surface area contributed by atoms with Crippen molar-refractivity contribution in [2.75, 3.05) is 13.7 Å². The summed E-state index contributed by atoms with van der Waals surface area (Å²) in [5.74, 6) is -1.04. The number of hydrogen-bond acceptors (Lipinski definition) is 7. The lowest BCUT2D eigenvalue weighted by Crippen LogP contribution is -2.23. The molecule has 0 bridgehead atoms. The quantitative estimate of drug-likeness (QED) is 0.537. The van der Waals surface area contributed by atoms with Crippen molar-refractivity contribution in [3.8, 4) is 0 Å². The number of aryl methyl sites for hydroxylation is 1. The maximum atomic E-state index is 12.8. The lowest BCUT2D eigenvalue weighted by molar-refractivity contribution is -0.143. The van der Waals surface area contributed by atoms with Crippen molar-refractivity contribution >= 4 is 43.5 Å². The number of sulfonamides is 1. The maximum absolute atomic E-state index is 12.8. The van der Waals surface area contributed by atoms with Crippen LogP contribution in [-0.4, -0.2) is 38.6 Å². The van der Waals surface area contributed by atoms with Crippen molar-refractivity contribution in [2.45, 2.75) is 25.3 Å². The zero-order valence-corrected chi connectivity index (χ0v) is 18.2. The van der Waals surface area contributed by atoms with Crippen LogP contribution < -0.4 is 4.80 Å². The molecule has 158 valence electrons. The van der Waals surface area contributed by atoms with E-state index >= 15 is 0 Å². The molecule has 8 nitrogen and oxygen atoms in total. The lowest BCUT2D eigenvalue weighted by atomic mass is 10.2. The van der Waals surface area contributed by atoms with Crippen molar-refractivity contribution < 1.29 is 27.5 Å². The first-order valence-electron chi connectivity index (χ1n) is 9.00. The van der Waals surface area contributed by atoms with E-state index in [4.69, 9.17) is 9.47 Å². The predicted octanol–water partition coefficient (Wildman–Crippen LogP) is 2.65. The van der Waals surface area contributed by atoms with Crippen LogP contribution in [0.5, 0.6) is 0 Å². The van der Waals surface area contributed by atoms with Gasteiger partial charge in [-0.3, -0.25) is 4.79 Å². The number of rotatable bonds is 6. The van der Waals surface area contributed by atoms with Gasteiger partial charge in [0.2, 0.25) is 4.80 Å². The molecule has 10 heteroatoms. The normalized spacial score (nSPS) is 12.2. The van der Waals surface area contributed by atoms with Crippen molar-refractivity contribution in [1.29, 1.82) is 0 Å². The van der Waals surface area contributed by atoms with E-state index in [1.165, 1.54) is 23.8 Å². The Balaban J connectivity index is 2.20. The molecule has 30 heavy (non-hydrogen) atoms. The Morgan fingerprint density at radius 2 is 1.83 bits per heavy atom. The highest BCUT2D eigenvalue weighted by atomic mass is 32.2. The molecule has 0 atom stereocenters. The van der Waals surface area contributed by atoms with E-state index in [0.29, 0.717) is 15.8 Å². The Kier molecular flexibility index (Phi) is 6.37. The summed E-state index contributed by atoms with van der Waals surface area (Å²) in [5.41, 5.74) is 1.78. The molecule has 0 aliphatic rings. The Bertz CT molecular complexity index is 1270. The lowest BCUT2D eigenvalue weighted by Gasteiger charge is -2.06. The van der Waals surface area contributed by atoms with Gasteiger partial charge in [0, 0.05) is 0 Å². The number of aromatic nitrogens is 1. The summed E-state index contributed by atoms with van der Waals surface area (Å²) in [6.07, 6.45) is 0. The van der Waals surface area contributed by atoms with E-state index in [1.807, 2.05) is 6.92 Å². The van der Waals surface area contributed by atoms with Crippen molar-refractivity contribution in [1.82, 2.24) is 4.57 Å². The van der Waals surface area contributed by atoms with Gasteiger partial charge in [0.15, 0.2) is 0 Å². The second-order valence-corrected chi connectivity index (χ2v) is 8.94. The molecule has 0 saturated carbocycles. The SMILES string of the molecule is CCOC(=O)Cn1c(=NS(=O)(=O)c2ccc(C)cc2)sc2cc(C(=O)OC)ccc21. The number of thiazole rings is 1. The summed E-state index contributed by atoms with van der Waals surface area (Å²) >= 11 is 1.05. The average molecular weight is 449 g/mol. The number of methoxy groups -OCH3 is 1. The Morgan fingerprint density at radius 3 is 2.47 bits per heavy atom. The average Bonchev–Trinajstić information content (AvgIpc) is 3.03. The third-order valence-electron chi connectivity index (χ3n) is 4.21. The molecule has 0 saturated heterocycles. The minimum atomic E-state index is -4.01. The van der Waals surface area contributed by atoms with Gasteiger partial charge < -0.3 is 14.0 Å². The van der Waals surface area contributed by atoms with Gasteiger partial charge in [-0.1, -0.05) is 29.0 Å². The van der Waals surface area contributed by atoms with Crippen LogP contribution in [0, 0.1) is 6.92 Å². The van der Waals surface area contributed by atoms with Crippen molar-refractivity contribution in [2.24, 2.45) is 4.40 Å². The number of esters is 2. The highest BCUT2D eigenvalue weighted by Gasteiger charge is 2.17. The van der Waals surface area contributed by atoms with Crippen LogP contribution in [0.15, 0.2) is 51.8 Å². The summed E-state index contributed by atoms with van der Waals surface area (Å²) < 4.78 is 41.4. The maximum Gasteiger partial charge on any atom is 0.337 e. The van der Waals surface area contributed by atoms with Gasteiger partial charge in [-0.15, -0.1) is 4.40 Å². The van der Waals surface area contributed by atoms with Gasteiger partial charge in [0.25, 0.3) is 10.0 Å². The standard InChI is InChI=1S/C20H20N2O6S2/c1-4-28-18(23)12-22-16-10-7-14(19(24)27-3)11-17(16)29-20(22)21-30(25,26)15-8-5-13(2)6-9-15/h5-11H,4,12H2,1-3H3. The molecule has 3 rings (SSSR count). The highest BCUT2D eigenvalue weighted by Crippen LogP contribution is 2.21. The van der Waals surface area contributed by atoms with Crippen LogP contribution in [-0.2, 0) is 30.8 Å². The van der Waals surface area contributed by atoms with Gasteiger partial charge in [0.1, 0.15) is 6.54 Å².